The van der Waals surface area contributed by atoms with Crippen LogP contribution in [0.1, 0.15) is 23.1 Å². The molecule has 0 aliphatic rings. The number of carbonyl (C=O) groups is 2. The lowest BCUT2D eigenvalue weighted by Gasteiger charge is -2.17. The lowest BCUT2D eigenvalue weighted by molar-refractivity contribution is -0.137. The second kappa shape index (κ2) is 6.91. The summed E-state index contributed by atoms with van der Waals surface area (Å²) in [6.07, 6.45) is 0. The summed E-state index contributed by atoms with van der Waals surface area (Å²) in [5.74, 6) is -0.811. The molecule has 23 heavy (non-hydrogen) atoms. The molecule has 2 aromatic rings. The summed E-state index contributed by atoms with van der Waals surface area (Å²) >= 11 is 0. The van der Waals surface area contributed by atoms with Gasteiger partial charge in [-0.25, -0.2) is 4.68 Å². The van der Waals surface area contributed by atoms with E-state index in [1.54, 1.807) is 45.2 Å². The zero-order chi connectivity index (χ0) is 17.0. The fourth-order valence-corrected chi connectivity index (χ4v) is 2.14. The second-order valence-electron chi connectivity index (χ2n) is 4.85. The molecule has 122 valence electrons. The SMILES string of the molecule is CCN(CC(=O)O)C(=O)c1nnn(-c2ccc(OC)cc2)c1C. The minimum atomic E-state index is -1.07. The highest BCUT2D eigenvalue weighted by molar-refractivity contribution is 5.95. The van der Waals surface area contributed by atoms with Gasteiger partial charge in [-0.3, -0.25) is 9.59 Å². The van der Waals surface area contributed by atoms with Crippen LogP contribution in [0.15, 0.2) is 24.3 Å². The number of carboxylic acid groups (broad SMARTS) is 1. The number of hydrogen-bond donors (Lipinski definition) is 1. The van der Waals surface area contributed by atoms with Crippen molar-refractivity contribution in [1.29, 1.82) is 0 Å². The van der Waals surface area contributed by atoms with Crippen LogP contribution in [0, 0.1) is 6.92 Å². The van der Waals surface area contributed by atoms with E-state index < -0.39 is 11.9 Å². The van der Waals surface area contributed by atoms with Crippen LogP contribution in [-0.4, -0.2) is 57.1 Å². The van der Waals surface area contributed by atoms with E-state index in [1.165, 1.54) is 9.58 Å². The third-order valence-corrected chi connectivity index (χ3v) is 3.41. The first kappa shape index (κ1) is 16.5. The van der Waals surface area contributed by atoms with E-state index in [-0.39, 0.29) is 18.8 Å². The summed E-state index contributed by atoms with van der Waals surface area (Å²) in [5, 5.41) is 16.8. The van der Waals surface area contributed by atoms with Gasteiger partial charge in [0.05, 0.1) is 18.5 Å². The van der Waals surface area contributed by atoms with Crippen molar-refractivity contribution in [1.82, 2.24) is 19.9 Å². The molecule has 1 amide bonds. The smallest absolute Gasteiger partial charge is 0.323 e. The molecule has 8 heteroatoms. The molecule has 0 saturated heterocycles. The van der Waals surface area contributed by atoms with Gasteiger partial charge in [0.15, 0.2) is 5.69 Å². The number of benzene rings is 1. The lowest BCUT2D eigenvalue weighted by Crippen LogP contribution is -2.36. The van der Waals surface area contributed by atoms with Gasteiger partial charge in [-0.05, 0) is 38.1 Å². The van der Waals surface area contributed by atoms with Gasteiger partial charge in [0, 0.05) is 6.54 Å². The van der Waals surface area contributed by atoms with Gasteiger partial charge in [-0.15, -0.1) is 5.10 Å². The van der Waals surface area contributed by atoms with Crippen LogP contribution in [0.4, 0.5) is 0 Å². The largest absolute Gasteiger partial charge is 0.497 e. The van der Waals surface area contributed by atoms with Crippen molar-refractivity contribution in [3.8, 4) is 11.4 Å². The van der Waals surface area contributed by atoms with Gasteiger partial charge in [0.25, 0.3) is 5.91 Å². The monoisotopic (exact) mass is 318 g/mol. The number of methoxy groups -OCH3 is 1. The molecule has 1 N–H and O–H groups in total. The summed E-state index contributed by atoms with van der Waals surface area (Å²) < 4.78 is 6.63. The number of carbonyl (C=O) groups excluding carboxylic acids is 1. The molecule has 1 aromatic heterocycles. The molecule has 0 unspecified atom stereocenters. The summed E-state index contributed by atoms with van der Waals surface area (Å²) in [6, 6.07) is 7.15. The van der Waals surface area contributed by atoms with E-state index in [1.807, 2.05) is 0 Å². The molecule has 0 saturated carbocycles. The van der Waals surface area contributed by atoms with Crippen LogP contribution in [0.25, 0.3) is 5.69 Å². The second-order valence-corrected chi connectivity index (χ2v) is 4.85. The Kier molecular flexibility index (Phi) is 4.95. The Morgan fingerprint density at radius 3 is 2.48 bits per heavy atom. The van der Waals surface area contributed by atoms with Gasteiger partial charge in [-0.1, -0.05) is 5.21 Å². The maximum atomic E-state index is 12.4. The highest BCUT2D eigenvalue weighted by Gasteiger charge is 2.23. The fourth-order valence-electron chi connectivity index (χ4n) is 2.14. The highest BCUT2D eigenvalue weighted by atomic mass is 16.5. The first-order valence-corrected chi connectivity index (χ1v) is 7.05. The predicted octanol–water partition coefficient (Wildman–Crippen LogP) is 1.13. The molecule has 0 atom stereocenters. The number of aromatic nitrogens is 3. The Balaban J connectivity index is 2.30. The van der Waals surface area contributed by atoms with E-state index >= 15 is 0 Å². The normalized spacial score (nSPS) is 10.4. The molecule has 0 spiro atoms. The zero-order valence-corrected chi connectivity index (χ0v) is 13.2. The molecule has 0 bridgehead atoms. The van der Waals surface area contributed by atoms with Crippen molar-refractivity contribution in [2.24, 2.45) is 0 Å². The van der Waals surface area contributed by atoms with Crippen LogP contribution < -0.4 is 4.74 Å². The molecule has 1 aromatic carbocycles. The number of rotatable bonds is 6. The molecule has 0 aliphatic carbocycles. The summed E-state index contributed by atoms with van der Waals surface area (Å²) in [7, 11) is 1.58. The number of amides is 1. The molecule has 0 fully saturated rings. The van der Waals surface area contributed by atoms with Crippen molar-refractivity contribution < 1.29 is 19.4 Å². The summed E-state index contributed by atoms with van der Waals surface area (Å²) in [4.78, 5) is 24.4. The molecule has 1 heterocycles. The van der Waals surface area contributed by atoms with E-state index in [9.17, 15) is 9.59 Å². The highest BCUT2D eigenvalue weighted by Crippen LogP contribution is 2.17. The zero-order valence-electron chi connectivity index (χ0n) is 13.2. The van der Waals surface area contributed by atoms with Gasteiger partial charge >= 0.3 is 5.97 Å². The average molecular weight is 318 g/mol. The quantitative estimate of drug-likeness (QED) is 0.857. The summed E-state index contributed by atoms with van der Waals surface area (Å²) in [5.41, 5.74) is 1.42. The number of hydrogen-bond acceptors (Lipinski definition) is 5. The number of ether oxygens (including phenoxy) is 1. The van der Waals surface area contributed by atoms with Crippen molar-refractivity contribution in [2.45, 2.75) is 13.8 Å². The number of carboxylic acids is 1. The average Bonchev–Trinajstić information content (AvgIpc) is 2.93. The molecule has 0 radical (unpaired) electrons. The maximum Gasteiger partial charge on any atom is 0.323 e. The molecule has 2 rings (SSSR count). The minimum absolute atomic E-state index is 0.143. The van der Waals surface area contributed by atoms with E-state index in [0.717, 1.165) is 5.69 Å². The number of likely N-dealkylation sites (N-methyl/N-ethyl adjacent to an activating group) is 1. The fraction of sp³-hybridized carbons (Fsp3) is 0.333. The van der Waals surface area contributed by atoms with E-state index in [2.05, 4.69) is 10.3 Å². The minimum Gasteiger partial charge on any atom is -0.497 e. The third kappa shape index (κ3) is 3.47. The first-order valence-electron chi connectivity index (χ1n) is 7.05. The lowest BCUT2D eigenvalue weighted by atomic mass is 10.2. The molecular formula is C15H18N4O4. The van der Waals surface area contributed by atoms with Gasteiger partial charge in [0.2, 0.25) is 0 Å². The topological polar surface area (TPSA) is 97.5 Å². The van der Waals surface area contributed by atoms with Crippen molar-refractivity contribution in [2.75, 3.05) is 20.2 Å². The summed E-state index contributed by atoms with van der Waals surface area (Å²) in [6.45, 7) is 3.33. The van der Waals surface area contributed by atoms with Crippen LogP contribution >= 0.6 is 0 Å². The van der Waals surface area contributed by atoms with Gasteiger partial charge < -0.3 is 14.7 Å². The first-order chi connectivity index (χ1) is 11.0. The Morgan fingerprint density at radius 1 is 1.30 bits per heavy atom. The van der Waals surface area contributed by atoms with Crippen molar-refractivity contribution in [3.05, 3.63) is 35.7 Å². The Hall–Kier alpha value is -2.90. The Labute approximate surface area is 133 Å². The molecule has 0 aliphatic heterocycles. The van der Waals surface area contributed by atoms with E-state index in [0.29, 0.717) is 11.4 Å². The van der Waals surface area contributed by atoms with Gasteiger partial charge in [0.1, 0.15) is 12.3 Å². The number of nitrogens with zero attached hydrogens (tertiary/aromatic N) is 4. The van der Waals surface area contributed by atoms with Crippen LogP contribution in [0.2, 0.25) is 0 Å². The van der Waals surface area contributed by atoms with Crippen LogP contribution in [0.3, 0.4) is 0 Å². The van der Waals surface area contributed by atoms with Crippen molar-refractivity contribution in [3.63, 3.8) is 0 Å². The Bertz CT molecular complexity index is 709. The number of aliphatic carboxylic acids is 1. The third-order valence-electron chi connectivity index (χ3n) is 3.41. The predicted molar refractivity (Wildman–Crippen MR) is 81.9 cm³/mol. The van der Waals surface area contributed by atoms with E-state index in [4.69, 9.17) is 9.84 Å². The standard InChI is InChI=1S/C15H18N4O4/c1-4-18(9-13(20)21)15(22)14-10(2)19(17-16-14)11-5-7-12(23-3)8-6-11/h5-8H,4,9H2,1-3H3,(H,20,21). The van der Waals surface area contributed by atoms with Crippen molar-refractivity contribution >= 4 is 11.9 Å². The van der Waals surface area contributed by atoms with Gasteiger partial charge in [-0.2, -0.15) is 0 Å². The van der Waals surface area contributed by atoms with Crippen LogP contribution in [-0.2, 0) is 4.79 Å². The molecular weight excluding hydrogens is 300 g/mol. The molecule has 8 nitrogen and oxygen atoms in total. The van der Waals surface area contributed by atoms with Crippen LogP contribution in [0.5, 0.6) is 5.75 Å². The maximum absolute atomic E-state index is 12.4. The Morgan fingerprint density at radius 2 is 1.96 bits per heavy atom.